The van der Waals surface area contributed by atoms with E-state index >= 15 is 0 Å². The second-order valence-corrected chi connectivity index (χ2v) is 1.91. The second-order valence-electron chi connectivity index (χ2n) is 1.91. The summed E-state index contributed by atoms with van der Waals surface area (Å²) in [6.45, 7) is 3.05. The summed E-state index contributed by atoms with van der Waals surface area (Å²) in [4.78, 5) is 0. The Balaban J connectivity index is -0.000000320. The van der Waals surface area contributed by atoms with E-state index in [1.807, 2.05) is 0 Å². The zero-order valence-electron chi connectivity index (χ0n) is 7.48. The van der Waals surface area contributed by atoms with Crippen LogP contribution in [0.5, 0.6) is 0 Å². The van der Waals surface area contributed by atoms with E-state index in [0.717, 1.165) is 0 Å². The summed E-state index contributed by atoms with van der Waals surface area (Å²) in [5.74, 6) is 0. The van der Waals surface area contributed by atoms with Gasteiger partial charge in [0.05, 0.1) is 12.2 Å². The largest absolute Gasteiger partial charge is 1.00 e. The molecule has 6 heteroatoms. The molecule has 0 fully saturated rings. The van der Waals surface area contributed by atoms with Crippen LogP contribution in [0.3, 0.4) is 0 Å². The first-order valence-corrected chi connectivity index (χ1v) is 2.73. The van der Waals surface area contributed by atoms with Crippen LogP contribution in [0.4, 0.5) is 0 Å². The summed E-state index contributed by atoms with van der Waals surface area (Å²) in [7, 11) is -1.80. The minimum absolute atomic E-state index is 0. The van der Waals surface area contributed by atoms with Crippen molar-refractivity contribution in [1.82, 2.24) is 0 Å². The molecule has 4 nitrogen and oxygen atoms in total. The maximum atomic E-state index is 8.72. The van der Waals surface area contributed by atoms with Gasteiger partial charge in [0.15, 0.2) is 0 Å². The summed E-state index contributed by atoms with van der Waals surface area (Å²) < 4.78 is 4.37. The zero-order chi connectivity index (χ0) is 7.44. The van der Waals surface area contributed by atoms with Gasteiger partial charge in [-0.05, 0) is 13.8 Å². The van der Waals surface area contributed by atoms with Gasteiger partial charge in [-0.3, -0.25) is 0 Å². The fraction of sp³-hybridized carbons (Fsp3) is 1.00. The molecule has 3 N–H and O–H groups in total. The van der Waals surface area contributed by atoms with Gasteiger partial charge >= 0.3 is 36.9 Å². The van der Waals surface area contributed by atoms with Crippen molar-refractivity contribution < 1.29 is 50.8 Å². The minimum atomic E-state index is -1.80. The van der Waals surface area contributed by atoms with Crippen molar-refractivity contribution in [2.24, 2.45) is 0 Å². The average molecular weight is 158 g/mol. The average Bonchev–Trinajstić information content (AvgIpc) is 1.63. The molecule has 0 rings (SSSR count). The smallest absolute Gasteiger partial charge is 1.00 e. The summed E-state index contributed by atoms with van der Waals surface area (Å²) in [5, 5.41) is 25.1. The van der Waals surface area contributed by atoms with E-state index in [9.17, 15) is 0 Å². The molecule has 10 heavy (non-hydrogen) atoms. The Morgan fingerprint density at radius 1 is 1.40 bits per heavy atom. The Hall–Kier alpha value is 0.905. The number of hydrogen-bond acceptors (Lipinski definition) is 4. The third-order valence-electron chi connectivity index (χ3n) is 1.02. The first-order valence-electron chi connectivity index (χ1n) is 2.73. The molecule has 0 aromatic carbocycles. The maximum Gasteiger partial charge on any atom is 1.00 e. The van der Waals surface area contributed by atoms with E-state index < -0.39 is 19.5 Å². The van der Waals surface area contributed by atoms with Gasteiger partial charge in [0.25, 0.3) is 0 Å². The van der Waals surface area contributed by atoms with Crippen molar-refractivity contribution in [3.8, 4) is 0 Å². The number of hydrogen-bond donors (Lipinski definition) is 3. The van der Waals surface area contributed by atoms with Crippen LogP contribution >= 0.6 is 0 Å². The van der Waals surface area contributed by atoms with Crippen molar-refractivity contribution in [1.29, 1.82) is 0 Å². The molecule has 0 spiro atoms. The van der Waals surface area contributed by atoms with Crippen molar-refractivity contribution >= 4 is 7.32 Å². The molecule has 0 amide bonds. The Labute approximate surface area is 84.2 Å². The Kier molecular flexibility index (Phi) is 8.91. The Morgan fingerprint density at radius 3 is 1.90 bits per heavy atom. The predicted molar refractivity (Wildman–Crippen MR) is 33.5 cm³/mol. The SMILES string of the molecule is CC(O)C(C)OB(O)O.[H-].[Na+]. The van der Waals surface area contributed by atoms with Gasteiger partial charge < -0.3 is 21.2 Å². The first kappa shape index (κ1) is 13.5. The third kappa shape index (κ3) is 7.02. The first-order chi connectivity index (χ1) is 4.04. The summed E-state index contributed by atoms with van der Waals surface area (Å²) >= 11 is 0. The van der Waals surface area contributed by atoms with Gasteiger partial charge in [-0.2, -0.15) is 0 Å². The van der Waals surface area contributed by atoms with Crippen LogP contribution in [0.1, 0.15) is 15.3 Å². The molecule has 0 saturated heterocycles. The van der Waals surface area contributed by atoms with Crippen LogP contribution < -0.4 is 29.6 Å². The Bertz CT molecular complexity index is 84.5. The van der Waals surface area contributed by atoms with Gasteiger partial charge in [0.2, 0.25) is 0 Å². The molecule has 0 aromatic heterocycles. The molecular weight excluding hydrogens is 146 g/mol. The van der Waals surface area contributed by atoms with Crippen molar-refractivity contribution in [2.75, 3.05) is 0 Å². The molecule has 0 aromatic rings. The molecule has 0 aliphatic heterocycles. The molecule has 2 unspecified atom stereocenters. The molecule has 0 aliphatic rings. The quantitative estimate of drug-likeness (QED) is 0.365. The van der Waals surface area contributed by atoms with Crippen molar-refractivity contribution in [3.63, 3.8) is 0 Å². The summed E-state index contributed by atoms with van der Waals surface area (Å²) in [6, 6.07) is 0. The normalized spacial score (nSPS) is 15.3. The van der Waals surface area contributed by atoms with Crippen LogP contribution in [0.15, 0.2) is 0 Å². The Morgan fingerprint density at radius 2 is 1.80 bits per heavy atom. The van der Waals surface area contributed by atoms with Crippen molar-refractivity contribution in [3.05, 3.63) is 0 Å². The molecular formula is C4H12BNaO4. The predicted octanol–water partition coefficient (Wildman–Crippen LogP) is -4.14. The van der Waals surface area contributed by atoms with Gasteiger partial charge in [-0.1, -0.05) is 0 Å². The van der Waals surface area contributed by atoms with E-state index in [2.05, 4.69) is 4.65 Å². The molecule has 56 valence electrons. The van der Waals surface area contributed by atoms with Gasteiger partial charge in [0.1, 0.15) is 0 Å². The standard InChI is InChI=1S/C4H11BO4.Na.H/c1-3(6)4(2)9-5(7)8;;/h3-4,6-8H,1-2H3;;/q;+1;-1. The maximum absolute atomic E-state index is 8.72. The molecule has 0 bridgehead atoms. The molecule has 2 atom stereocenters. The number of aliphatic hydroxyl groups excluding tert-OH is 1. The van der Waals surface area contributed by atoms with Crippen LogP contribution in [-0.2, 0) is 4.65 Å². The van der Waals surface area contributed by atoms with Crippen molar-refractivity contribution in [2.45, 2.75) is 26.1 Å². The summed E-state index contributed by atoms with van der Waals surface area (Å²) in [6.07, 6.45) is -1.24. The van der Waals surface area contributed by atoms with Crippen LogP contribution in [0.25, 0.3) is 0 Å². The molecule has 0 radical (unpaired) electrons. The van der Waals surface area contributed by atoms with E-state index in [1.165, 1.54) is 6.92 Å². The van der Waals surface area contributed by atoms with Gasteiger partial charge in [-0.25, -0.2) is 0 Å². The van der Waals surface area contributed by atoms with Gasteiger partial charge in [-0.15, -0.1) is 0 Å². The van der Waals surface area contributed by atoms with Crippen LogP contribution in [-0.4, -0.2) is 34.7 Å². The molecule has 0 saturated carbocycles. The van der Waals surface area contributed by atoms with Gasteiger partial charge in [0, 0.05) is 0 Å². The fourth-order valence-electron chi connectivity index (χ4n) is 0.306. The molecule has 0 heterocycles. The summed E-state index contributed by atoms with van der Waals surface area (Å²) in [5.41, 5.74) is 0. The van der Waals surface area contributed by atoms with E-state index in [-0.39, 0.29) is 31.0 Å². The van der Waals surface area contributed by atoms with E-state index in [4.69, 9.17) is 15.2 Å². The fourth-order valence-corrected chi connectivity index (χ4v) is 0.306. The topological polar surface area (TPSA) is 69.9 Å². The van der Waals surface area contributed by atoms with Crippen LogP contribution in [0, 0.1) is 0 Å². The van der Waals surface area contributed by atoms with Crippen LogP contribution in [0.2, 0.25) is 0 Å². The minimum Gasteiger partial charge on any atom is -1.00 e. The number of aliphatic hydroxyl groups is 1. The zero-order valence-corrected chi connectivity index (χ0v) is 8.48. The molecule has 0 aliphatic carbocycles. The van der Waals surface area contributed by atoms with E-state index in [0.29, 0.717) is 0 Å². The second kappa shape index (κ2) is 6.60. The third-order valence-corrected chi connectivity index (χ3v) is 1.02. The number of rotatable bonds is 3. The monoisotopic (exact) mass is 158 g/mol. The van der Waals surface area contributed by atoms with E-state index in [1.54, 1.807) is 6.92 Å².